The molecular formula is C14H16N2O3. The van der Waals surface area contributed by atoms with E-state index in [2.05, 4.69) is 10.3 Å². The molecule has 0 saturated heterocycles. The third-order valence-electron chi connectivity index (χ3n) is 2.61. The molecule has 0 atom stereocenters. The van der Waals surface area contributed by atoms with Gasteiger partial charge in [-0.05, 0) is 32.9 Å². The van der Waals surface area contributed by atoms with Gasteiger partial charge in [0.1, 0.15) is 11.3 Å². The van der Waals surface area contributed by atoms with E-state index < -0.39 is 17.0 Å². The summed E-state index contributed by atoms with van der Waals surface area (Å²) in [5, 5.41) is 13.2. The molecular weight excluding hydrogens is 244 g/mol. The zero-order valence-electron chi connectivity index (χ0n) is 11.1. The van der Waals surface area contributed by atoms with Crippen molar-refractivity contribution >= 4 is 16.8 Å². The van der Waals surface area contributed by atoms with Gasteiger partial charge >= 0.3 is 0 Å². The average Bonchev–Trinajstić information content (AvgIpc) is 2.26. The van der Waals surface area contributed by atoms with Crippen LogP contribution in [0.15, 0.2) is 29.1 Å². The molecule has 1 aromatic carbocycles. The summed E-state index contributed by atoms with van der Waals surface area (Å²) >= 11 is 0. The molecule has 19 heavy (non-hydrogen) atoms. The minimum absolute atomic E-state index is 0.256. The molecule has 100 valence electrons. The summed E-state index contributed by atoms with van der Waals surface area (Å²) in [5.74, 6) is -0.877. The molecule has 5 nitrogen and oxygen atoms in total. The molecule has 0 aliphatic carbocycles. The number of aromatic hydroxyl groups is 1. The second kappa shape index (κ2) is 4.42. The first-order valence-corrected chi connectivity index (χ1v) is 5.96. The number of hydrogen-bond donors (Lipinski definition) is 3. The Morgan fingerprint density at radius 2 is 1.89 bits per heavy atom. The van der Waals surface area contributed by atoms with Crippen LogP contribution in [0.3, 0.4) is 0 Å². The number of para-hydroxylation sites is 1. The second-order valence-corrected chi connectivity index (χ2v) is 5.43. The number of H-pyrrole nitrogens is 1. The molecule has 0 saturated carbocycles. The maximum absolute atomic E-state index is 12.1. The van der Waals surface area contributed by atoms with Crippen LogP contribution in [0.25, 0.3) is 10.9 Å². The predicted molar refractivity (Wildman–Crippen MR) is 73.5 cm³/mol. The lowest BCUT2D eigenvalue weighted by Gasteiger charge is -2.20. The molecule has 2 rings (SSSR count). The fourth-order valence-electron chi connectivity index (χ4n) is 1.84. The molecule has 5 heteroatoms. The molecule has 0 bridgehead atoms. The quantitative estimate of drug-likeness (QED) is 0.730. The number of fused-ring (bicyclic) bond motifs is 1. The second-order valence-electron chi connectivity index (χ2n) is 5.43. The van der Waals surface area contributed by atoms with Gasteiger partial charge in [0.25, 0.3) is 11.5 Å². The standard InChI is InChI=1S/C14H16N2O3/c1-14(2,3)16-13(19)10-11(17)8-6-4-5-7-9(8)15-12(10)18/h4-7H,1-3H3,(H,16,19)(H2,15,17,18). The molecule has 1 amide bonds. The van der Waals surface area contributed by atoms with Crippen molar-refractivity contribution in [3.63, 3.8) is 0 Å². The molecule has 3 N–H and O–H groups in total. The van der Waals surface area contributed by atoms with E-state index in [0.717, 1.165) is 0 Å². The smallest absolute Gasteiger partial charge is 0.265 e. The molecule has 0 spiro atoms. The average molecular weight is 260 g/mol. The third-order valence-corrected chi connectivity index (χ3v) is 2.61. The Bertz CT molecular complexity index is 696. The first-order valence-electron chi connectivity index (χ1n) is 5.96. The maximum atomic E-state index is 12.1. The van der Waals surface area contributed by atoms with Crippen LogP contribution in [0.1, 0.15) is 31.1 Å². The van der Waals surface area contributed by atoms with Crippen molar-refractivity contribution in [2.45, 2.75) is 26.3 Å². The van der Waals surface area contributed by atoms with Crippen LogP contribution in [0, 0.1) is 0 Å². The van der Waals surface area contributed by atoms with E-state index in [4.69, 9.17) is 0 Å². The van der Waals surface area contributed by atoms with Crippen LogP contribution in [-0.4, -0.2) is 21.5 Å². The normalized spacial score (nSPS) is 11.5. The van der Waals surface area contributed by atoms with E-state index >= 15 is 0 Å². The summed E-state index contributed by atoms with van der Waals surface area (Å²) in [4.78, 5) is 26.5. The van der Waals surface area contributed by atoms with Gasteiger partial charge in [-0.3, -0.25) is 9.59 Å². The fourth-order valence-corrected chi connectivity index (χ4v) is 1.84. The molecule has 1 aromatic heterocycles. The molecule has 0 unspecified atom stereocenters. The minimum atomic E-state index is -0.599. The number of hydrogen-bond acceptors (Lipinski definition) is 3. The lowest BCUT2D eigenvalue weighted by Crippen LogP contribution is -2.42. The van der Waals surface area contributed by atoms with Gasteiger partial charge in [-0.1, -0.05) is 12.1 Å². The number of carbonyl (C=O) groups excluding carboxylic acids is 1. The Labute approximate surface area is 110 Å². The van der Waals surface area contributed by atoms with Gasteiger partial charge < -0.3 is 15.4 Å². The summed E-state index contributed by atoms with van der Waals surface area (Å²) in [6.07, 6.45) is 0. The Balaban J connectivity index is 2.61. The van der Waals surface area contributed by atoms with E-state index in [9.17, 15) is 14.7 Å². The highest BCUT2D eigenvalue weighted by Crippen LogP contribution is 2.24. The third kappa shape index (κ3) is 2.59. The number of nitrogens with one attached hydrogen (secondary N) is 2. The van der Waals surface area contributed by atoms with E-state index in [1.165, 1.54) is 0 Å². The predicted octanol–water partition coefficient (Wildman–Crippen LogP) is 1.76. The number of aromatic nitrogens is 1. The van der Waals surface area contributed by atoms with Crippen LogP contribution in [0.4, 0.5) is 0 Å². The van der Waals surface area contributed by atoms with Crippen molar-refractivity contribution < 1.29 is 9.90 Å². The van der Waals surface area contributed by atoms with Crippen molar-refractivity contribution in [2.75, 3.05) is 0 Å². The summed E-state index contributed by atoms with van der Waals surface area (Å²) in [7, 11) is 0. The van der Waals surface area contributed by atoms with Crippen LogP contribution in [0.5, 0.6) is 5.75 Å². The van der Waals surface area contributed by atoms with E-state index in [1.807, 2.05) is 0 Å². The van der Waals surface area contributed by atoms with Gasteiger partial charge in [0.15, 0.2) is 0 Å². The lowest BCUT2D eigenvalue weighted by atomic mass is 10.1. The number of carbonyl (C=O) groups is 1. The van der Waals surface area contributed by atoms with Gasteiger partial charge in [0.05, 0.1) is 5.52 Å². The van der Waals surface area contributed by atoms with E-state index in [-0.39, 0.29) is 11.3 Å². The SMILES string of the molecule is CC(C)(C)NC(=O)c1c(O)c2ccccc2[nH]c1=O. The summed E-state index contributed by atoms with van der Waals surface area (Å²) in [6, 6.07) is 6.79. The largest absolute Gasteiger partial charge is 0.506 e. The highest BCUT2D eigenvalue weighted by molar-refractivity contribution is 6.02. The number of pyridine rings is 1. The number of benzene rings is 1. The zero-order chi connectivity index (χ0) is 14.2. The van der Waals surface area contributed by atoms with Crippen molar-refractivity contribution in [2.24, 2.45) is 0 Å². The first-order chi connectivity index (χ1) is 8.79. The molecule has 0 fully saturated rings. The first kappa shape index (κ1) is 13.1. The van der Waals surface area contributed by atoms with Crippen molar-refractivity contribution in [3.05, 3.63) is 40.2 Å². The van der Waals surface area contributed by atoms with Crippen molar-refractivity contribution in [1.82, 2.24) is 10.3 Å². The van der Waals surface area contributed by atoms with Gasteiger partial charge in [0.2, 0.25) is 0 Å². The monoisotopic (exact) mass is 260 g/mol. The lowest BCUT2D eigenvalue weighted by molar-refractivity contribution is 0.0915. The van der Waals surface area contributed by atoms with Crippen molar-refractivity contribution in [1.29, 1.82) is 0 Å². The topological polar surface area (TPSA) is 82.2 Å². The Morgan fingerprint density at radius 3 is 2.53 bits per heavy atom. The highest BCUT2D eigenvalue weighted by Gasteiger charge is 2.22. The Hall–Kier alpha value is -2.30. The molecule has 0 aliphatic rings. The Morgan fingerprint density at radius 1 is 1.26 bits per heavy atom. The van der Waals surface area contributed by atoms with E-state index in [0.29, 0.717) is 10.9 Å². The number of amides is 1. The zero-order valence-corrected chi connectivity index (χ0v) is 11.1. The van der Waals surface area contributed by atoms with E-state index in [1.54, 1.807) is 45.0 Å². The highest BCUT2D eigenvalue weighted by atomic mass is 16.3. The summed E-state index contributed by atoms with van der Waals surface area (Å²) in [6.45, 7) is 5.41. The molecule has 0 radical (unpaired) electrons. The number of aromatic amines is 1. The van der Waals surface area contributed by atoms with Gasteiger partial charge in [0, 0.05) is 10.9 Å². The number of rotatable bonds is 1. The molecule has 2 aromatic rings. The van der Waals surface area contributed by atoms with Crippen LogP contribution < -0.4 is 10.9 Å². The Kier molecular flexibility index (Phi) is 3.06. The fraction of sp³-hybridized carbons (Fsp3) is 0.286. The van der Waals surface area contributed by atoms with Gasteiger partial charge in [-0.15, -0.1) is 0 Å². The van der Waals surface area contributed by atoms with Crippen LogP contribution in [0.2, 0.25) is 0 Å². The summed E-state index contributed by atoms with van der Waals surface area (Å²) < 4.78 is 0. The van der Waals surface area contributed by atoms with Crippen molar-refractivity contribution in [3.8, 4) is 5.75 Å². The minimum Gasteiger partial charge on any atom is -0.506 e. The maximum Gasteiger partial charge on any atom is 0.265 e. The molecule has 1 heterocycles. The van der Waals surface area contributed by atoms with Gasteiger partial charge in [-0.25, -0.2) is 0 Å². The van der Waals surface area contributed by atoms with Gasteiger partial charge in [-0.2, -0.15) is 0 Å². The molecule has 0 aliphatic heterocycles. The van der Waals surface area contributed by atoms with Crippen LogP contribution >= 0.6 is 0 Å². The van der Waals surface area contributed by atoms with Crippen LogP contribution in [-0.2, 0) is 0 Å². The summed E-state index contributed by atoms with van der Waals surface area (Å²) in [5.41, 5.74) is -0.842.